The van der Waals surface area contributed by atoms with E-state index >= 15 is 0 Å². The Kier molecular flexibility index (Phi) is 5.03. The van der Waals surface area contributed by atoms with Crippen LogP contribution in [0.2, 0.25) is 0 Å². The van der Waals surface area contributed by atoms with Gasteiger partial charge >= 0.3 is 0 Å². The van der Waals surface area contributed by atoms with Crippen molar-refractivity contribution in [3.63, 3.8) is 0 Å². The average Bonchev–Trinajstić information content (AvgIpc) is 2.49. The summed E-state index contributed by atoms with van der Waals surface area (Å²) < 4.78 is 5.67. The van der Waals surface area contributed by atoms with E-state index in [2.05, 4.69) is 11.4 Å². The molecular formula is C18H24N2O2. The highest BCUT2D eigenvalue weighted by Crippen LogP contribution is 2.20. The van der Waals surface area contributed by atoms with Crippen molar-refractivity contribution < 1.29 is 9.53 Å². The predicted molar refractivity (Wildman–Crippen MR) is 89.9 cm³/mol. The lowest BCUT2D eigenvalue weighted by Gasteiger charge is -2.25. The van der Waals surface area contributed by atoms with Gasteiger partial charge in [0.15, 0.2) is 0 Å². The highest BCUT2D eigenvalue weighted by Gasteiger charge is 2.26. The molecule has 0 saturated carbocycles. The summed E-state index contributed by atoms with van der Waals surface area (Å²) in [6.45, 7) is 6.70. The minimum Gasteiger partial charge on any atom is -0.492 e. The minimum absolute atomic E-state index is 0.144. The number of carbonyl (C=O) groups is 1. The van der Waals surface area contributed by atoms with Crippen molar-refractivity contribution in [2.75, 3.05) is 13.2 Å². The Hall–Kier alpha value is -2.07. The second-order valence-electron chi connectivity index (χ2n) is 6.49. The van der Waals surface area contributed by atoms with E-state index in [-0.39, 0.29) is 11.3 Å². The van der Waals surface area contributed by atoms with Crippen LogP contribution in [0.1, 0.15) is 20.8 Å². The maximum absolute atomic E-state index is 11.9. The smallest absolute Gasteiger partial charge is 0.237 e. The van der Waals surface area contributed by atoms with Crippen LogP contribution in [0.15, 0.2) is 42.5 Å². The van der Waals surface area contributed by atoms with Crippen molar-refractivity contribution in [2.24, 2.45) is 11.1 Å². The Morgan fingerprint density at radius 2 is 1.86 bits per heavy atom. The maximum Gasteiger partial charge on any atom is 0.237 e. The van der Waals surface area contributed by atoms with Crippen molar-refractivity contribution in [2.45, 2.75) is 26.8 Å². The summed E-state index contributed by atoms with van der Waals surface area (Å²) in [6, 6.07) is 13.6. The Labute approximate surface area is 131 Å². The largest absolute Gasteiger partial charge is 0.492 e. The number of fused-ring (bicyclic) bond motifs is 1. The van der Waals surface area contributed by atoms with Gasteiger partial charge in [-0.2, -0.15) is 0 Å². The third-order valence-corrected chi connectivity index (χ3v) is 3.61. The number of ether oxygens (including phenoxy) is 1. The molecule has 0 spiro atoms. The van der Waals surface area contributed by atoms with Crippen LogP contribution in [0, 0.1) is 5.41 Å². The standard InChI is InChI=1S/C18H24N2O2/c1-18(2,3)16(19)17(21)20-10-11-22-15-9-8-13-6-4-5-7-14(13)12-15/h4-9,12,16H,10-11,19H2,1-3H3,(H,20,21)/t16-/m1/s1. The number of nitrogens with two attached hydrogens (primary N) is 1. The molecule has 3 N–H and O–H groups in total. The molecule has 0 aliphatic carbocycles. The molecule has 0 aromatic heterocycles. The van der Waals surface area contributed by atoms with Crippen LogP contribution in [-0.4, -0.2) is 25.1 Å². The number of carbonyl (C=O) groups excluding carboxylic acids is 1. The SMILES string of the molecule is CC(C)(C)[C@H](N)C(=O)NCCOc1ccc2ccccc2c1. The van der Waals surface area contributed by atoms with Crippen LogP contribution in [0.5, 0.6) is 5.75 Å². The minimum atomic E-state index is -0.520. The fraction of sp³-hybridized carbons (Fsp3) is 0.389. The van der Waals surface area contributed by atoms with Crippen molar-refractivity contribution in [1.29, 1.82) is 0 Å². The van der Waals surface area contributed by atoms with E-state index in [9.17, 15) is 4.79 Å². The van der Waals surface area contributed by atoms with Crippen LogP contribution in [0.3, 0.4) is 0 Å². The molecule has 0 fully saturated rings. The number of hydrogen-bond donors (Lipinski definition) is 2. The first-order valence-corrected chi connectivity index (χ1v) is 7.53. The quantitative estimate of drug-likeness (QED) is 0.835. The lowest BCUT2D eigenvalue weighted by atomic mass is 9.87. The zero-order chi connectivity index (χ0) is 16.2. The van der Waals surface area contributed by atoms with Gasteiger partial charge in [-0.05, 0) is 28.3 Å². The summed E-state index contributed by atoms with van der Waals surface area (Å²) in [5.41, 5.74) is 5.65. The first kappa shape index (κ1) is 16.3. The first-order valence-electron chi connectivity index (χ1n) is 7.53. The zero-order valence-electron chi connectivity index (χ0n) is 13.4. The van der Waals surface area contributed by atoms with Crippen LogP contribution in [0.25, 0.3) is 10.8 Å². The van der Waals surface area contributed by atoms with Gasteiger partial charge in [0.1, 0.15) is 12.4 Å². The highest BCUT2D eigenvalue weighted by atomic mass is 16.5. The second kappa shape index (κ2) is 6.79. The first-order chi connectivity index (χ1) is 10.4. The Bertz CT molecular complexity index is 647. The van der Waals surface area contributed by atoms with Gasteiger partial charge in [-0.15, -0.1) is 0 Å². The molecule has 0 heterocycles. The van der Waals surface area contributed by atoms with Gasteiger partial charge in [0.2, 0.25) is 5.91 Å². The van der Waals surface area contributed by atoms with Gasteiger partial charge in [0.25, 0.3) is 0 Å². The van der Waals surface area contributed by atoms with Gasteiger partial charge in [-0.3, -0.25) is 4.79 Å². The van der Waals surface area contributed by atoms with Gasteiger partial charge in [-0.1, -0.05) is 51.1 Å². The Morgan fingerprint density at radius 1 is 1.18 bits per heavy atom. The summed E-state index contributed by atoms with van der Waals surface area (Å²) in [4.78, 5) is 11.9. The van der Waals surface area contributed by atoms with E-state index in [1.54, 1.807) is 0 Å². The van der Waals surface area contributed by atoms with Gasteiger partial charge in [-0.25, -0.2) is 0 Å². The fourth-order valence-corrected chi connectivity index (χ4v) is 2.10. The monoisotopic (exact) mass is 300 g/mol. The van der Waals surface area contributed by atoms with Crippen LogP contribution < -0.4 is 15.8 Å². The summed E-state index contributed by atoms with van der Waals surface area (Å²) in [5.74, 6) is 0.655. The average molecular weight is 300 g/mol. The van der Waals surface area contributed by atoms with Crippen molar-refractivity contribution in [3.05, 3.63) is 42.5 Å². The predicted octanol–water partition coefficient (Wildman–Crippen LogP) is 2.71. The number of amides is 1. The summed E-state index contributed by atoms with van der Waals surface area (Å²) in [7, 11) is 0. The molecule has 0 aliphatic heterocycles. The van der Waals surface area contributed by atoms with E-state index in [0.29, 0.717) is 13.2 Å². The van der Waals surface area contributed by atoms with Crippen LogP contribution in [-0.2, 0) is 4.79 Å². The second-order valence-corrected chi connectivity index (χ2v) is 6.49. The van der Waals surface area contributed by atoms with Gasteiger partial charge in [0, 0.05) is 0 Å². The Morgan fingerprint density at radius 3 is 2.55 bits per heavy atom. The molecular weight excluding hydrogens is 276 g/mol. The molecule has 22 heavy (non-hydrogen) atoms. The number of benzene rings is 2. The fourth-order valence-electron chi connectivity index (χ4n) is 2.10. The molecule has 118 valence electrons. The molecule has 4 nitrogen and oxygen atoms in total. The van der Waals surface area contributed by atoms with E-state index in [1.165, 1.54) is 5.39 Å². The lowest BCUT2D eigenvalue weighted by Crippen LogP contribution is -2.49. The number of rotatable bonds is 5. The van der Waals surface area contributed by atoms with Gasteiger partial charge in [0.05, 0.1) is 12.6 Å². The molecule has 2 aromatic rings. The molecule has 4 heteroatoms. The van der Waals surface area contributed by atoms with Crippen molar-refractivity contribution in [1.82, 2.24) is 5.32 Å². The molecule has 2 rings (SSSR count). The number of hydrogen-bond acceptors (Lipinski definition) is 3. The van der Waals surface area contributed by atoms with E-state index in [4.69, 9.17) is 10.5 Å². The third kappa shape index (κ3) is 4.21. The lowest BCUT2D eigenvalue weighted by molar-refractivity contribution is -0.124. The summed E-state index contributed by atoms with van der Waals surface area (Å²) in [5, 5.41) is 5.13. The highest BCUT2D eigenvalue weighted by molar-refractivity contribution is 5.83. The van der Waals surface area contributed by atoms with Crippen molar-refractivity contribution in [3.8, 4) is 5.75 Å². The Balaban J connectivity index is 1.82. The van der Waals surface area contributed by atoms with Crippen molar-refractivity contribution >= 4 is 16.7 Å². The molecule has 0 radical (unpaired) electrons. The van der Waals surface area contributed by atoms with E-state index in [1.807, 2.05) is 57.2 Å². The molecule has 1 amide bonds. The molecule has 2 aromatic carbocycles. The van der Waals surface area contributed by atoms with E-state index in [0.717, 1.165) is 11.1 Å². The normalized spacial score (nSPS) is 12.9. The number of nitrogens with one attached hydrogen (secondary N) is 1. The third-order valence-electron chi connectivity index (χ3n) is 3.61. The van der Waals surface area contributed by atoms with E-state index < -0.39 is 6.04 Å². The summed E-state index contributed by atoms with van der Waals surface area (Å²) >= 11 is 0. The topological polar surface area (TPSA) is 64.4 Å². The molecule has 0 aliphatic rings. The van der Waals surface area contributed by atoms with Gasteiger partial charge < -0.3 is 15.8 Å². The zero-order valence-corrected chi connectivity index (χ0v) is 13.4. The summed E-state index contributed by atoms with van der Waals surface area (Å²) in [6.07, 6.45) is 0. The van der Waals surface area contributed by atoms with Crippen LogP contribution >= 0.6 is 0 Å². The molecule has 1 atom stereocenters. The molecule has 0 unspecified atom stereocenters. The van der Waals surface area contributed by atoms with Crippen LogP contribution in [0.4, 0.5) is 0 Å². The maximum atomic E-state index is 11.9. The molecule has 0 bridgehead atoms. The molecule has 0 saturated heterocycles.